The Morgan fingerprint density at radius 2 is 1.83 bits per heavy atom. The van der Waals surface area contributed by atoms with Crippen LogP contribution in [-0.2, 0) is 4.79 Å². The van der Waals surface area contributed by atoms with Crippen LogP contribution in [-0.4, -0.2) is 61.0 Å². The number of rotatable bonds is 5. The molecule has 2 heterocycles. The number of fused-ring (bicyclic) bond motifs is 2. The van der Waals surface area contributed by atoms with E-state index in [4.69, 9.17) is 0 Å². The van der Waals surface area contributed by atoms with Gasteiger partial charge in [0.1, 0.15) is 0 Å². The molecule has 2 bridgehead atoms. The molecule has 0 saturated carbocycles. The largest absolute Gasteiger partial charge is 0.348 e. The van der Waals surface area contributed by atoms with Gasteiger partial charge in [0.15, 0.2) is 0 Å². The summed E-state index contributed by atoms with van der Waals surface area (Å²) in [6, 6.07) is 2.00. The molecule has 1 N–H and O–H groups in total. The van der Waals surface area contributed by atoms with Crippen molar-refractivity contribution in [3.8, 4) is 0 Å². The molecule has 0 aliphatic carbocycles. The zero-order valence-corrected chi connectivity index (χ0v) is 12.0. The minimum atomic E-state index is 0.231. The van der Waals surface area contributed by atoms with Crippen LogP contribution in [0.5, 0.6) is 0 Å². The number of nitrogens with one attached hydrogen (secondary N) is 1. The van der Waals surface area contributed by atoms with Crippen LogP contribution in [0.2, 0.25) is 0 Å². The second-order valence-corrected chi connectivity index (χ2v) is 6.02. The molecule has 4 nitrogen and oxygen atoms in total. The number of piperidine rings is 1. The maximum Gasteiger partial charge on any atom is 0.236 e. The summed E-state index contributed by atoms with van der Waals surface area (Å²) in [4.78, 5) is 16.0. The van der Waals surface area contributed by atoms with E-state index in [1.165, 1.54) is 25.7 Å². The monoisotopic (exact) mass is 253 g/mol. The fourth-order valence-electron chi connectivity index (χ4n) is 3.32. The number of hydrogen-bond donors (Lipinski definition) is 1. The summed E-state index contributed by atoms with van der Waals surface area (Å²) in [6.07, 6.45) is 6.21. The lowest BCUT2D eigenvalue weighted by atomic mass is 9.98. The molecule has 1 amide bonds. The van der Waals surface area contributed by atoms with Crippen molar-refractivity contribution in [2.75, 3.05) is 27.2 Å². The van der Waals surface area contributed by atoms with Gasteiger partial charge in [-0.25, -0.2) is 0 Å². The molecule has 18 heavy (non-hydrogen) atoms. The standard InChI is InChI=1S/C14H27N3O/c1-4-7-17(10-14(18)16(2)3)13-8-11-5-6-12(9-13)15-11/h11-13,15H,4-10H2,1-3H3. The zero-order chi connectivity index (χ0) is 13.1. The van der Waals surface area contributed by atoms with Crippen LogP contribution in [0.15, 0.2) is 0 Å². The fraction of sp³-hybridized carbons (Fsp3) is 0.929. The topological polar surface area (TPSA) is 35.6 Å². The first-order valence-electron chi connectivity index (χ1n) is 7.30. The Labute approximate surface area is 111 Å². The number of nitrogens with zero attached hydrogens (tertiary/aromatic N) is 2. The molecule has 0 radical (unpaired) electrons. The quantitative estimate of drug-likeness (QED) is 0.796. The number of likely N-dealkylation sites (N-methyl/N-ethyl adjacent to an activating group) is 1. The van der Waals surface area contributed by atoms with Crippen molar-refractivity contribution < 1.29 is 4.79 Å². The third-order valence-electron chi connectivity index (χ3n) is 4.31. The Balaban J connectivity index is 1.94. The van der Waals surface area contributed by atoms with Crippen LogP contribution in [0.4, 0.5) is 0 Å². The first-order chi connectivity index (χ1) is 8.60. The SMILES string of the molecule is CCCN(CC(=O)N(C)C)C1CC2CCC(C1)N2. The highest BCUT2D eigenvalue weighted by Gasteiger charge is 2.36. The van der Waals surface area contributed by atoms with Gasteiger partial charge in [0.25, 0.3) is 0 Å². The van der Waals surface area contributed by atoms with Crippen molar-refractivity contribution in [1.82, 2.24) is 15.1 Å². The maximum atomic E-state index is 11.9. The fourth-order valence-corrected chi connectivity index (χ4v) is 3.32. The highest BCUT2D eigenvalue weighted by Crippen LogP contribution is 2.29. The van der Waals surface area contributed by atoms with E-state index in [2.05, 4.69) is 17.1 Å². The van der Waals surface area contributed by atoms with Crippen LogP contribution in [0.3, 0.4) is 0 Å². The van der Waals surface area contributed by atoms with E-state index < -0.39 is 0 Å². The lowest BCUT2D eigenvalue weighted by Gasteiger charge is -2.37. The maximum absolute atomic E-state index is 11.9. The van der Waals surface area contributed by atoms with Crippen molar-refractivity contribution in [2.45, 2.75) is 57.2 Å². The Morgan fingerprint density at radius 3 is 2.33 bits per heavy atom. The Hall–Kier alpha value is -0.610. The third-order valence-corrected chi connectivity index (χ3v) is 4.31. The molecule has 0 spiro atoms. The summed E-state index contributed by atoms with van der Waals surface area (Å²) < 4.78 is 0. The summed E-state index contributed by atoms with van der Waals surface area (Å²) in [5, 5.41) is 3.67. The molecule has 2 aliphatic heterocycles. The molecule has 2 unspecified atom stereocenters. The van der Waals surface area contributed by atoms with Crippen LogP contribution >= 0.6 is 0 Å². The molecule has 104 valence electrons. The van der Waals surface area contributed by atoms with Gasteiger partial charge in [0.05, 0.1) is 6.54 Å². The van der Waals surface area contributed by atoms with E-state index in [1.807, 2.05) is 14.1 Å². The summed E-state index contributed by atoms with van der Waals surface area (Å²) in [7, 11) is 3.69. The highest BCUT2D eigenvalue weighted by molar-refractivity contribution is 5.77. The minimum absolute atomic E-state index is 0.231. The molecule has 0 aromatic heterocycles. The predicted molar refractivity (Wildman–Crippen MR) is 73.5 cm³/mol. The van der Waals surface area contributed by atoms with Gasteiger partial charge >= 0.3 is 0 Å². The summed E-state index contributed by atoms with van der Waals surface area (Å²) in [6.45, 7) is 3.83. The Bertz CT molecular complexity index is 281. The smallest absolute Gasteiger partial charge is 0.236 e. The zero-order valence-electron chi connectivity index (χ0n) is 12.0. The van der Waals surface area contributed by atoms with E-state index >= 15 is 0 Å². The average molecular weight is 253 g/mol. The Kier molecular flexibility index (Phi) is 4.62. The molecule has 2 atom stereocenters. The van der Waals surface area contributed by atoms with Crippen LogP contribution < -0.4 is 5.32 Å². The summed E-state index contributed by atoms with van der Waals surface area (Å²) >= 11 is 0. The summed E-state index contributed by atoms with van der Waals surface area (Å²) in [5.41, 5.74) is 0. The van der Waals surface area contributed by atoms with Crippen molar-refractivity contribution in [3.05, 3.63) is 0 Å². The van der Waals surface area contributed by atoms with Crippen LogP contribution in [0.25, 0.3) is 0 Å². The Morgan fingerprint density at radius 1 is 1.22 bits per heavy atom. The van der Waals surface area contributed by atoms with Gasteiger partial charge in [-0.2, -0.15) is 0 Å². The molecule has 4 heteroatoms. The van der Waals surface area contributed by atoms with Crippen molar-refractivity contribution >= 4 is 5.91 Å². The molecule has 2 aliphatic rings. The van der Waals surface area contributed by atoms with Crippen molar-refractivity contribution in [1.29, 1.82) is 0 Å². The van der Waals surface area contributed by atoms with Gasteiger partial charge in [-0.3, -0.25) is 9.69 Å². The lowest BCUT2D eigenvalue weighted by Crippen LogP contribution is -2.50. The van der Waals surface area contributed by atoms with E-state index in [-0.39, 0.29) is 5.91 Å². The molecular formula is C14H27N3O. The molecule has 2 saturated heterocycles. The second-order valence-electron chi connectivity index (χ2n) is 6.02. The molecular weight excluding hydrogens is 226 g/mol. The van der Waals surface area contributed by atoms with Crippen molar-refractivity contribution in [3.63, 3.8) is 0 Å². The van der Waals surface area contributed by atoms with Gasteiger partial charge < -0.3 is 10.2 Å². The molecule has 2 fully saturated rings. The normalized spacial score (nSPS) is 30.8. The van der Waals surface area contributed by atoms with E-state index in [1.54, 1.807) is 4.90 Å². The number of amides is 1. The van der Waals surface area contributed by atoms with E-state index in [0.717, 1.165) is 13.0 Å². The van der Waals surface area contributed by atoms with E-state index in [0.29, 0.717) is 24.7 Å². The van der Waals surface area contributed by atoms with Gasteiger partial charge in [-0.05, 0) is 38.6 Å². The third kappa shape index (κ3) is 3.23. The predicted octanol–water partition coefficient (Wildman–Crippen LogP) is 1.07. The van der Waals surface area contributed by atoms with Gasteiger partial charge in [0, 0.05) is 32.2 Å². The number of carbonyl (C=O) groups excluding carboxylic acids is 1. The molecule has 0 aromatic carbocycles. The number of hydrogen-bond acceptors (Lipinski definition) is 3. The summed E-state index contributed by atoms with van der Waals surface area (Å²) in [5.74, 6) is 0.231. The van der Waals surface area contributed by atoms with Gasteiger partial charge in [0.2, 0.25) is 5.91 Å². The lowest BCUT2D eigenvalue weighted by molar-refractivity contribution is -0.130. The van der Waals surface area contributed by atoms with Crippen LogP contribution in [0.1, 0.15) is 39.0 Å². The van der Waals surface area contributed by atoms with Crippen LogP contribution in [0, 0.1) is 0 Å². The molecule has 2 rings (SSSR count). The number of carbonyl (C=O) groups is 1. The first-order valence-corrected chi connectivity index (χ1v) is 7.30. The minimum Gasteiger partial charge on any atom is -0.348 e. The van der Waals surface area contributed by atoms with Crippen molar-refractivity contribution in [2.24, 2.45) is 0 Å². The second kappa shape index (κ2) is 6.02. The van der Waals surface area contributed by atoms with E-state index in [9.17, 15) is 4.79 Å². The van der Waals surface area contributed by atoms with Gasteiger partial charge in [-0.1, -0.05) is 6.92 Å². The highest BCUT2D eigenvalue weighted by atomic mass is 16.2. The molecule has 0 aromatic rings. The van der Waals surface area contributed by atoms with Gasteiger partial charge in [-0.15, -0.1) is 0 Å². The average Bonchev–Trinajstić information content (AvgIpc) is 2.67. The first kappa shape index (κ1) is 13.8.